The Bertz CT molecular complexity index is 1030. The van der Waals surface area contributed by atoms with E-state index in [0.717, 1.165) is 34.5 Å². The maximum absolute atomic E-state index is 12.7. The number of aryl methyl sites for hydroxylation is 3. The third-order valence-electron chi connectivity index (χ3n) is 4.96. The Kier molecular flexibility index (Phi) is 5.73. The van der Waals surface area contributed by atoms with Gasteiger partial charge in [0.15, 0.2) is 0 Å². The molecule has 5 nitrogen and oxygen atoms in total. The Morgan fingerprint density at radius 3 is 2.43 bits per heavy atom. The minimum absolute atomic E-state index is 0.128. The van der Waals surface area contributed by atoms with Crippen LogP contribution in [-0.2, 0) is 0 Å². The zero-order valence-electron chi connectivity index (χ0n) is 16.7. The third-order valence-corrected chi connectivity index (χ3v) is 4.96. The summed E-state index contributed by atoms with van der Waals surface area (Å²) in [7, 11) is 0. The molecule has 1 aromatic carbocycles. The second kappa shape index (κ2) is 8.21. The van der Waals surface area contributed by atoms with Gasteiger partial charge in [-0.15, -0.1) is 0 Å². The number of nitrogens with zero attached hydrogens (tertiary/aromatic N) is 1. The van der Waals surface area contributed by atoms with Gasteiger partial charge in [0, 0.05) is 23.0 Å². The maximum atomic E-state index is 12.7. The molecule has 1 atom stereocenters. The van der Waals surface area contributed by atoms with Gasteiger partial charge in [-0.05, 0) is 68.1 Å². The maximum Gasteiger partial charge on any atom is 0.256 e. The first-order valence-electron chi connectivity index (χ1n) is 9.43. The molecule has 1 amide bonds. The number of aromatic amines is 1. The molecule has 3 rings (SSSR count). The standard InChI is InChI=1S/C23H25N3O2/c1-5-20(21-11-6-14(2)13-24-21)26-22(27)18-9-7-17(8-10-18)19-12-15(3)16(4)25-23(19)28/h6-13,20H,5H2,1-4H3,(H,25,28)(H,26,27)/t20-/m0/s1. The number of rotatable bonds is 5. The topological polar surface area (TPSA) is 74.8 Å². The first-order valence-corrected chi connectivity index (χ1v) is 9.43. The molecule has 28 heavy (non-hydrogen) atoms. The molecule has 0 fully saturated rings. The number of amides is 1. The van der Waals surface area contributed by atoms with Crippen LogP contribution in [0.2, 0.25) is 0 Å². The van der Waals surface area contributed by atoms with Crippen molar-refractivity contribution in [3.63, 3.8) is 0 Å². The average molecular weight is 375 g/mol. The molecular formula is C23H25N3O2. The Morgan fingerprint density at radius 2 is 1.82 bits per heavy atom. The lowest BCUT2D eigenvalue weighted by Crippen LogP contribution is -2.28. The lowest BCUT2D eigenvalue weighted by molar-refractivity contribution is 0.0934. The Balaban J connectivity index is 1.79. The summed E-state index contributed by atoms with van der Waals surface area (Å²) in [6.45, 7) is 7.83. The number of carbonyl (C=O) groups is 1. The van der Waals surface area contributed by atoms with Gasteiger partial charge in [0.05, 0.1) is 11.7 Å². The summed E-state index contributed by atoms with van der Waals surface area (Å²) in [6, 6.07) is 12.8. The van der Waals surface area contributed by atoms with Crippen LogP contribution in [0, 0.1) is 20.8 Å². The van der Waals surface area contributed by atoms with Crippen LogP contribution in [0.15, 0.2) is 53.5 Å². The fourth-order valence-electron chi connectivity index (χ4n) is 3.05. The highest BCUT2D eigenvalue weighted by molar-refractivity contribution is 5.94. The first kappa shape index (κ1) is 19.5. The molecule has 2 N–H and O–H groups in total. The summed E-state index contributed by atoms with van der Waals surface area (Å²) in [4.78, 5) is 32.2. The van der Waals surface area contributed by atoms with Gasteiger partial charge in [-0.25, -0.2) is 0 Å². The predicted molar refractivity (Wildman–Crippen MR) is 111 cm³/mol. The van der Waals surface area contributed by atoms with E-state index in [0.29, 0.717) is 11.1 Å². The number of H-pyrrole nitrogens is 1. The summed E-state index contributed by atoms with van der Waals surface area (Å²) >= 11 is 0. The molecule has 2 heterocycles. The molecule has 0 bridgehead atoms. The van der Waals surface area contributed by atoms with Gasteiger partial charge in [-0.3, -0.25) is 14.6 Å². The van der Waals surface area contributed by atoms with Crippen LogP contribution in [0.5, 0.6) is 0 Å². The Morgan fingerprint density at radius 1 is 1.11 bits per heavy atom. The van der Waals surface area contributed by atoms with E-state index in [1.807, 2.05) is 45.9 Å². The predicted octanol–water partition coefficient (Wildman–Crippen LogP) is 4.24. The van der Waals surface area contributed by atoms with Crippen LogP contribution >= 0.6 is 0 Å². The summed E-state index contributed by atoms with van der Waals surface area (Å²) in [5.41, 5.74) is 5.62. The van der Waals surface area contributed by atoms with Gasteiger partial charge in [0.25, 0.3) is 11.5 Å². The van der Waals surface area contributed by atoms with E-state index in [-0.39, 0.29) is 17.5 Å². The molecule has 3 aromatic rings. The van der Waals surface area contributed by atoms with E-state index in [9.17, 15) is 9.59 Å². The third kappa shape index (κ3) is 4.19. The molecule has 0 saturated carbocycles. The number of hydrogen-bond donors (Lipinski definition) is 2. The molecule has 0 unspecified atom stereocenters. The summed E-state index contributed by atoms with van der Waals surface area (Å²) in [5, 5.41) is 3.04. The van der Waals surface area contributed by atoms with Gasteiger partial charge in [-0.1, -0.05) is 25.1 Å². The monoisotopic (exact) mass is 375 g/mol. The molecule has 0 spiro atoms. The van der Waals surface area contributed by atoms with Crippen molar-refractivity contribution in [2.24, 2.45) is 0 Å². The van der Waals surface area contributed by atoms with Crippen molar-refractivity contribution in [1.82, 2.24) is 15.3 Å². The normalized spacial score (nSPS) is 11.9. The Hall–Kier alpha value is -3.21. The van der Waals surface area contributed by atoms with Crippen LogP contribution < -0.4 is 10.9 Å². The summed E-state index contributed by atoms with van der Waals surface area (Å²) in [5.74, 6) is -0.158. The highest BCUT2D eigenvalue weighted by atomic mass is 16.1. The SMILES string of the molecule is CC[C@H](NC(=O)c1ccc(-c2cc(C)c(C)[nH]c2=O)cc1)c1ccc(C)cn1. The van der Waals surface area contributed by atoms with E-state index in [1.165, 1.54) is 0 Å². The van der Waals surface area contributed by atoms with E-state index in [1.54, 1.807) is 30.5 Å². The van der Waals surface area contributed by atoms with E-state index >= 15 is 0 Å². The van der Waals surface area contributed by atoms with Crippen LogP contribution in [0.3, 0.4) is 0 Å². The van der Waals surface area contributed by atoms with Crippen molar-refractivity contribution >= 4 is 5.91 Å². The van der Waals surface area contributed by atoms with E-state index in [2.05, 4.69) is 15.3 Å². The lowest BCUT2D eigenvalue weighted by Gasteiger charge is -2.17. The number of pyridine rings is 2. The molecule has 2 aromatic heterocycles. The van der Waals surface area contributed by atoms with Crippen molar-refractivity contribution in [2.75, 3.05) is 0 Å². The number of aromatic nitrogens is 2. The molecular weight excluding hydrogens is 350 g/mol. The van der Waals surface area contributed by atoms with Crippen molar-refractivity contribution in [2.45, 2.75) is 40.2 Å². The molecule has 0 radical (unpaired) electrons. The van der Waals surface area contributed by atoms with Crippen LogP contribution in [0.25, 0.3) is 11.1 Å². The van der Waals surface area contributed by atoms with Gasteiger partial charge in [-0.2, -0.15) is 0 Å². The molecule has 0 saturated heterocycles. The van der Waals surface area contributed by atoms with Crippen molar-refractivity contribution in [1.29, 1.82) is 0 Å². The van der Waals surface area contributed by atoms with Crippen molar-refractivity contribution in [3.05, 3.63) is 87.1 Å². The van der Waals surface area contributed by atoms with Crippen molar-refractivity contribution < 1.29 is 4.79 Å². The van der Waals surface area contributed by atoms with E-state index < -0.39 is 0 Å². The minimum Gasteiger partial charge on any atom is -0.344 e. The van der Waals surface area contributed by atoms with Crippen LogP contribution in [-0.4, -0.2) is 15.9 Å². The van der Waals surface area contributed by atoms with Gasteiger partial charge >= 0.3 is 0 Å². The minimum atomic E-state index is -0.158. The molecule has 0 aliphatic heterocycles. The fourth-order valence-corrected chi connectivity index (χ4v) is 3.05. The molecule has 144 valence electrons. The molecule has 0 aliphatic rings. The zero-order valence-corrected chi connectivity index (χ0v) is 16.7. The highest BCUT2D eigenvalue weighted by Gasteiger charge is 2.15. The number of nitrogens with one attached hydrogen (secondary N) is 2. The summed E-state index contributed by atoms with van der Waals surface area (Å²) < 4.78 is 0. The second-order valence-corrected chi connectivity index (χ2v) is 7.09. The number of carbonyl (C=O) groups excluding carboxylic acids is 1. The highest BCUT2D eigenvalue weighted by Crippen LogP contribution is 2.19. The largest absolute Gasteiger partial charge is 0.344 e. The average Bonchev–Trinajstić information content (AvgIpc) is 2.69. The lowest BCUT2D eigenvalue weighted by atomic mass is 10.0. The Labute approximate surface area is 164 Å². The van der Waals surface area contributed by atoms with Crippen LogP contribution in [0.1, 0.15) is 52.3 Å². The first-order chi connectivity index (χ1) is 13.4. The molecule has 0 aliphatic carbocycles. The quantitative estimate of drug-likeness (QED) is 0.700. The second-order valence-electron chi connectivity index (χ2n) is 7.09. The van der Waals surface area contributed by atoms with Crippen LogP contribution in [0.4, 0.5) is 0 Å². The van der Waals surface area contributed by atoms with Gasteiger partial charge < -0.3 is 10.3 Å². The number of hydrogen-bond acceptors (Lipinski definition) is 3. The zero-order chi connectivity index (χ0) is 20.3. The van der Waals surface area contributed by atoms with Crippen molar-refractivity contribution in [3.8, 4) is 11.1 Å². The smallest absolute Gasteiger partial charge is 0.256 e. The fraction of sp³-hybridized carbons (Fsp3) is 0.261. The number of benzene rings is 1. The van der Waals surface area contributed by atoms with Gasteiger partial charge in [0.1, 0.15) is 0 Å². The van der Waals surface area contributed by atoms with E-state index in [4.69, 9.17) is 0 Å². The molecule has 5 heteroatoms. The van der Waals surface area contributed by atoms with Gasteiger partial charge in [0.2, 0.25) is 0 Å². The summed E-state index contributed by atoms with van der Waals surface area (Å²) in [6.07, 6.45) is 2.55.